The van der Waals surface area contributed by atoms with E-state index in [1.807, 2.05) is 17.0 Å². The zero-order chi connectivity index (χ0) is 10.7. The molecule has 1 atom stereocenters. The highest BCUT2D eigenvalue weighted by Gasteiger charge is 2.15. The van der Waals surface area contributed by atoms with Crippen molar-refractivity contribution in [2.75, 3.05) is 6.54 Å². The first-order chi connectivity index (χ1) is 7.31. The lowest BCUT2D eigenvalue weighted by Crippen LogP contribution is -2.32. The van der Waals surface area contributed by atoms with Crippen LogP contribution in [0.3, 0.4) is 0 Å². The quantitative estimate of drug-likeness (QED) is 0.797. The highest BCUT2D eigenvalue weighted by atomic mass is 16.1. The van der Waals surface area contributed by atoms with Crippen LogP contribution in [-0.4, -0.2) is 21.7 Å². The Bertz CT molecular complexity index is 360. The van der Waals surface area contributed by atoms with Crippen molar-refractivity contribution in [1.82, 2.24) is 14.5 Å². The molecule has 0 saturated carbocycles. The van der Waals surface area contributed by atoms with E-state index in [-0.39, 0.29) is 5.69 Å². The fourth-order valence-corrected chi connectivity index (χ4v) is 2.15. The van der Waals surface area contributed by atoms with Crippen molar-refractivity contribution >= 4 is 0 Å². The Morgan fingerprint density at radius 1 is 1.47 bits per heavy atom. The van der Waals surface area contributed by atoms with Crippen LogP contribution in [0.1, 0.15) is 26.2 Å². The molecule has 2 rings (SSSR count). The van der Waals surface area contributed by atoms with Crippen molar-refractivity contribution in [2.45, 2.75) is 45.3 Å². The molecule has 2 heterocycles. The van der Waals surface area contributed by atoms with Crippen LogP contribution in [0.25, 0.3) is 0 Å². The van der Waals surface area contributed by atoms with Crippen LogP contribution in [0.2, 0.25) is 0 Å². The summed E-state index contributed by atoms with van der Waals surface area (Å²) in [7, 11) is 0. The summed E-state index contributed by atoms with van der Waals surface area (Å²) in [4.78, 5) is 11.8. The van der Waals surface area contributed by atoms with E-state index in [2.05, 4.69) is 12.2 Å². The van der Waals surface area contributed by atoms with Gasteiger partial charge in [-0.25, -0.2) is 4.79 Å². The molecule has 0 radical (unpaired) electrons. The number of aromatic nitrogens is 2. The van der Waals surface area contributed by atoms with Crippen LogP contribution in [0.4, 0.5) is 0 Å². The Labute approximate surface area is 89.9 Å². The molecule has 84 valence electrons. The van der Waals surface area contributed by atoms with Gasteiger partial charge in [0.2, 0.25) is 0 Å². The van der Waals surface area contributed by atoms with Crippen molar-refractivity contribution in [2.24, 2.45) is 0 Å². The van der Waals surface area contributed by atoms with Crippen molar-refractivity contribution in [3.05, 3.63) is 22.9 Å². The van der Waals surface area contributed by atoms with Crippen LogP contribution in [0.15, 0.2) is 17.2 Å². The predicted octanol–water partition coefficient (Wildman–Crippen LogP) is 0.812. The maximum Gasteiger partial charge on any atom is 0.328 e. The van der Waals surface area contributed by atoms with Crippen LogP contribution >= 0.6 is 0 Å². The van der Waals surface area contributed by atoms with E-state index >= 15 is 0 Å². The molecule has 1 aliphatic heterocycles. The van der Waals surface area contributed by atoms with E-state index in [1.165, 1.54) is 12.8 Å². The third-order valence-electron chi connectivity index (χ3n) is 2.96. The molecule has 15 heavy (non-hydrogen) atoms. The fraction of sp³-hybridized carbons (Fsp3) is 0.727. The largest absolute Gasteiger partial charge is 0.328 e. The molecule has 0 bridgehead atoms. The van der Waals surface area contributed by atoms with Gasteiger partial charge in [-0.15, -0.1) is 0 Å². The average Bonchev–Trinajstić information content (AvgIpc) is 2.83. The Morgan fingerprint density at radius 2 is 2.27 bits per heavy atom. The summed E-state index contributed by atoms with van der Waals surface area (Å²) in [5.74, 6) is 0. The number of imidazole rings is 1. The van der Waals surface area contributed by atoms with Crippen LogP contribution < -0.4 is 11.0 Å². The third kappa shape index (κ3) is 2.31. The lowest BCUT2D eigenvalue weighted by molar-refractivity contribution is 0.490. The summed E-state index contributed by atoms with van der Waals surface area (Å²) in [6.45, 7) is 4.82. The van der Waals surface area contributed by atoms with Gasteiger partial charge in [-0.05, 0) is 25.8 Å². The minimum atomic E-state index is 0.130. The zero-order valence-corrected chi connectivity index (χ0v) is 9.28. The lowest BCUT2D eigenvalue weighted by Gasteiger charge is -2.09. The van der Waals surface area contributed by atoms with Gasteiger partial charge in [0, 0.05) is 31.5 Å². The first-order valence-corrected chi connectivity index (χ1v) is 5.80. The smallest absolute Gasteiger partial charge is 0.312 e. The molecule has 1 fully saturated rings. The van der Waals surface area contributed by atoms with Crippen molar-refractivity contribution in [1.29, 1.82) is 0 Å². The molecule has 1 N–H and O–H groups in total. The predicted molar refractivity (Wildman–Crippen MR) is 60.0 cm³/mol. The van der Waals surface area contributed by atoms with E-state index in [9.17, 15) is 4.79 Å². The summed E-state index contributed by atoms with van der Waals surface area (Å²) < 4.78 is 3.60. The molecule has 0 aromatic carbocycles. The van der Waals surface area contributed by atoms with E-state index in [1.54, 1.807) is 4.57 Å². The second-order valence-corrected chi connectivity index (χ2v) is 4.22. The van der Waals surface area contributed by atoms with Crippen LogP contribution in [0.5, 0.6) is 0 Å². The monoisotopic (exact) mass is 209 g/mol. The SMILES string of the molecule is CCCn1ccn(CC2CCCN2)c1=O. The molecule has 0 amide bonds. The number of hydrogen-bond donors (Lipinski definition) is 1. The molecule has 0 aliphatic carbocycles. The standard InChI is InChI=1S/C11H19N3O/c1-2-6-13-7-8-14(11(13)15)9-10-4-3-5-12-10/h7-8,10,12H,2-6,9H2,1H3. The Hall–Kier alpha value is -1.03. The van der Waals surface area contributed by atoms with Gasteiger partial charge < -0.3 is 5.32 Å². The lowest BCUT2D eigenvalue weighted by atomic mass is 10.2. The van der Waals surface area contributed by atoms with Crippen molar-refractivity contribution in [3.63, 3.8) is 0 Å². The first kappa shape index (κ1) is 10.5. The molecule has 1 aromatic heterocycles. The fourth-order valence-electron chi connectivity index (χ4n) is 2.15. The number of aryl methyl sites for hydroxylation is 1. The van der Waals surface area contributed by atoms with Gasteiger partial charge >= 0.3 is 5.69 Å². The second kappa shape index (κ2) is 4.66. The molecule has 4 nitrogen and oxygen atoms in total. The van der Waals surface area contributed by atoms with Gasteiger partial charge in [0.05, 0.1) is 0 Å². The van der Waals surface area contributed by atoms with Gasteiger partial charge in [0.15, 0.2) is 0 Å². The maximum atomic E-state index is 11.8. The molecule has 1 aliphatic rings. The van der Waals surface area contributed by atoms with E-state index in [0.717, 1.165) is 26.1 Å². The van der Waals surface area contributed by atoms with Gasteiger partial charge in [-0.2, -0.15) is 0 Å². The minimum absolute atomic E-state index is 0.130. The topological polar surface area (TPSA) is 39.0 Å². The summed E-state index contributed by atoms with van der Waals surface area (Å²) in [6.07, 6.45) is 7.21. The molecule has 1 unspecified atom stereocenters. The first-order valence-electron chi connectivity index (χ1n) is 5.80. The minimum Gasteiger partial charge on any atom is -0.312 e. The number of rotatable bonds is 4. The van der Waals surface area contributed by atoms with E-state index < -0.39 is 0 Å². The summed E-state index contributed by atoms with van der Waals surface area (Å²) in [5, 5.41) is 3.40. The highest BCUT2D eigenvalue weighted by molar-refractivity contribution is 4.84. The Balaban J connectivity index is 2.04. The molecule has 1 saturated heterocycles. The summed E-state index contributed by atoms with van der Waals surface area (Å²) in [5.41, 5.74) is 0.130. The molecular formula is C11H19N3O. The number of hydrogen-bond acceptors (Lipinski definition) is 2. The van der Waals surface area contributed by atoms with Gasteiger partial charge in [0.25, 0.3) is 0 Å². The Morgan fingerprint density at radius 3 is 2.93 bits per heavy atom. The number of nitrogens with zero attached hydrogens (tertiary/aromatic N) is 2. The van der Waals surface area contributed by atoms with Crippen LogP contribution in [0, 0.1) is 0 Å². The van der Waals surface area contributed by atoms with E-state index in [4.69, 9.17) is 0 Å². The third-order valence-corrected chi connectivity index (χ3v) is 2.96. The highest BCUT2D eigenvalue weighted by Crippen LogP contribution is 2.06. The summed E-state index contributed by atoms with van der Waals surface area (Å²) in [6, 6.07) is 0.486. The van der Waals surface area contributed by atoms with E-state index in [0.29, 0.717) is 6.04 Å². The average molecular weight is 209 g/mol. The normalized spacial score (nSPS) is 21.0. The molecular weight excluding hydrogens is 190 g/mol. The maximum absolute atomic E-state index is 11.8. The Kier molecular flexibility index (Phi) is 3.26. The zero-order valence-electron chi connectivity index (χ0n) is 9.28. The number of nitrogens with one attached hydrogen (secondary N) is 1. The molecule has 1 aromatic rings. The summed E-state index contributed by atoms with van der Waals surface area (Å²) >= 11 is 0. The molecule has 0 spiro atoms. The molecule has 4 heteroatoms. The second-order valence-electron chi connectivity index (χ2n) is 4.22. The van der Waals surface area contributed by atoms with Crippen LogP contribution in [-0.2, 0) is 13.1 Å². The van der Waals surface area contributed by atoms with Crippen molar-refractivity contribution < 1.29 is 0 Å². The van der Waals surface area contributed by atoms with Gasteiger partial charge in [-0.3, -0.25) is 9.13 Å². The van der Waals surface area contributed by atoms with Crippen molar-refractivity contribution in [3.8, 4) is 0 Å². The van der Waals surface area contributed by atoms with Gasteiger partial charge in [-0.1, -0.05) is 6.92 Å². The van der Waals surface area contributed by atoms with Gasteiger partial charge in [0.1, 0.15) is 0 Å².